The molecule has 96 valence electrons. The summed E-state index contributed by atoms with van der Waals surface area (Å²) in [5.74, 6) is -0.153. The summed E-state index contributed by atoms with van der Waals surface area (Å²) in [6, 6.07) is 4.89. The monoisotopic (exact) mass is 330 g/mol. The van der Waals surface area contributed by atoms with Crippen LogP contribution in [0.5, 0.6) is 0 Å². The van der Waals surface area contributed by atoms with E-state index in [1.54, 1.807) is 6.07 Å². The Balaban J connectivity index is 2.26. The summed E-state index contributed by atoms with van der Waals surface area (Å²) in [6.07, 6.45) is -0.876. The van der Waals surface area contributed by atoms with Gasteiger partial charge in [0, 0.05) is 14.2 Å². The minimum Gasteiger partial charge on any atom is -0.463 e. The highest BCUT2D eigenvalue weighted by atomic mass is 79.9. The Morgan fingerprint density at radius 3 is 2.83 bits per heavy atom. The SMILES string of the molecule is COC(=O)c1ccc(C(O)c2cc(Br)c(C)s2)o1. The number of carbonyl (C=O) groups excluding carboxylic acids is 1. The molecule has 0 aromatic carbocycles. The molecule has 0 fully saturated rings. The molecule has 1 atom stereocenters. The second-order valence-electron chi connectivity index (χ2n) is 3.65. The number of carbonyl (C=O) groups is 1. The molecule has 4 nitrogen and oxygen atoms in total. The number of halogens is 1. The van der Waals surface area contributed by atoms with E-state index in [1.165, 1.54) is 24.5 Å². The Kier molecular flexibility index (Phi) is 3.89. The highest BCUT2D eigenvalue weighted by Gasteiger charge is 2.20. The zero-order valence-corrected chi connectivity index (χ0v) is 12.2. The first-order valence-electron chi connectivity index (χ1n) is 5.15. The Morgan fingerprint density at radius 1 is 1.56 bits per heavy atom. The summed E-state index contributed by atoms with van der Waals surface area (Å²) < 4.78 is 10.8. The van der Waals surface area contributed by atoms with Gasteiger partial charge in [-0.1, -0.05) is 0 Å². The molecule has 0 saturated carbocycles. The number of hydrogen-bond acceptors (Lipinski definition) is 5. The Bertz CT molecular complexity index is 553. The van der Waals surface area contributed by atoms with Crippen LogP contribution in [0.4, 0.5) is 0 Å². The highest BCUT2D eigenvalue weighted by Crippen LogP contribution is 2.34. The molecule has 2 aromatic heterocycles. The summed E-state index contributed by atoms with van der Waals surface area (Å²) in [4.78, 5) is 13.1. The van der Waals surface area contributed by atoms with Crippen LogP contribution >= 0.6 is 27.3 Å². The first-order chi connectivity index (χ1) is 8.52. The van der Waals surface area contributed by atoms with Crippen molar-refractivity contribution in [1.29, 1.82) is 0 Å². The van der Waals surface area contributed by atoms with Crippen LogP contribution in [-0.2, 0) is 4.74 Å². The maximum absolute atomic E-state index is 11.2. The molecule has 0 bridgehead atoms. The third-order valence-corrected chi connectivity index (χ3v) is 4.62. The van der Waals surface area contributed by atoms with Crippen molar-refractivity contribution in [2.24, 2.45) is 0 Å². The summed E-state index contributed by atoms with van der Waals surface area (Å²) in [5.41, 5.74) is 0. The molecule has 0 amide bonds. The van der Waals surface area contributed by atoms with E-state index < -0.39 is 12.1 Å². The van der Waals surface area contributed by atoms with E-state index in [4.69, 9.17) is 4.42 Å². The number of aryl methyl sites for hydroxylation is 1. The molecule has 0 saturated heterocycles. The van der Waals surface area contributed by atoms with E-state index in [0.717, 1.165) is 14.2 Å². The number of rotatable bonds is 3. The third-order valence-electron chi connectivity index (χ3n) is 2.43. The molecule has 2 rings (SSSR count). The van der Waals surface area contributed by atoms with E-state index in [-0.39, 0.29) is 5.76 Å². The topological polar surface area (TPSA) is 59.7 Å². The van der Waals surface area contributed by atoms with Gasteiger partial charge in [-0.05, 0) is 41.1 Å². The molecule has 1 unspecified atom stereocenters. The van der Waals surface area contributed by atoms with Crippen LogP contribution in [0.1, 0.15) is 32.2 Å². The number of hydrogen-bond donors (Lipinski definition) is 1. The first-order valence-corrected chi connectivity index (χ1v) is 6.76. The molecular weight excluding hydrogens is 320 g/mol. The maximum atomic E-state index is 11.2. The number of aliphatic hydroxyl groups excluding tert-OH is 1. The minimum absolute atomic E-state index is 0.0823. The second-order valence-corrected chi connectivity index (χ2v) is 5.79. The van der Waals surface area contributed by atoms with Gasteiger partial charge in [-0.15, -0.1) is 11.3 Å². The quantitative estimate of drug-likeness (QED) is 0.877. The molecule has 0 aliphatic carbocycles. The number of thiophene rings is 1. The number of methoxy groups -OCH3 is 1. The minimum atomic E-state index is -0.876. The lowest BCUT2D eigenvalue weighted by Gasteiger charge is -2.04. The normalized spacial score (nSPS) is 12.4. The second kappa shape index (κ2) is 5.26. The largest absolute Gasteiger partial charge is 0.463 e. The smallest absolute Gasteiger partial charge is 0.373 e. The van der Waals surface area contributed by atoms with Crippen molar-refractivity contribution in [1.82, 2.24) is 0 Å². The lowest BCUT2D eigenvalue weighted by molar-refractivity contribution is 0.0558. The molecule has 2 aromatic rings. The van der Waals surface area contributed by atoms with Crippen LogP contribution in [0.15, 0.2) is 27.1 Å². The number of esters is 1. The lowest BCUT2D eigenvalue weighted by Crippen LogP contribution is -1.99. The van der Waals surface area contributed by atoms with E-state index in [9.17, 15) is 9.90 Å². The van der Waals surface area contributed by atoms with Crippen molar-refractivity contribution < 1.29 is 19.1 Å². The fourth-order valence-corrected chi connectivity index (χ4v) is 3.02. The molecule has 0 spiro atoms. The molecule has 0 aliphatic rings. The van der Waals surface area contributed by atoms with Gasteiger partial charge in [0.15, 0.2) is 0 Å². The molecular formula is C12H11BrO4S. The van der Waals surface area contributed by atoms with Crippen LogP contribution in [0.2, 0.25) is 0 Å². The summed E-state index contributed by atoms with van der Waals surface area (Å²) in [7, 11) is 1.28. The average Bonchev–Trinajstić information content (AvgIpc) is 2.96. The average molecular weight is 331 g/mol. The fourth-order valence-electron chi connectivity index (χ4n) is 1.47. The van der Waals surface area contributed by atoms with Gasteiger partial charge < -0.3 is 14.3 Å². The van der Waals surface area contributed by atoms with Crippen molar-refractivity contribution in [3.05, 3.63) is 43.9 Å². The van der Waals surface area contributed by atoms with Gasteiger partial charge in [0.1, 0.15) is 11.9 Å². The Morgan fingerprint density at radius 2 is 2.28 bits per heavy atom. The third kappa shape index (κ3) is 2.50. The van der Waals surface area contributed by atoms with Crippen molar-refractivity contribution >= 4 is 33.2 Å². The van der Waals surface area contributed by atoms with Crippen LogP contribution in [0.25, 0.3) is 0 Å². The predicted octanol–water partition coefficient (Wildman–Crippen LogP) is 3.28. The predicted molar refractivity (Wildman–Crippen MR) is 70.9 cm³/mol. The molecule has 0 aliphatic heterocycles. The van der Waals surface area contributed by atoms with E-state index in [0.29, 0.717) is 5.76 Å². The molecule has 0 radical (unpaired) electrons. The van der Waals surface area contributed by atoms with Crippen LogP contribution < -0.4 is 0 Å². The van der Waals surface area contributed by atoms with Crippen LogP contribution in [0.3, 0.4) is 0 Å². The lowest BCUT2D eigenvalue weighted by atomic mass is 10.2. The van der Waals surface area contributed by atoms with Crippen molar-refractivity contribution in [2.75, 3.05) is 7.11 Å². The van der Waals surface area contributed by atoms with Crippen molar-refractivity contribution in [3.8, 4) is 0 Å². The van der Waals surface area contributed by atoms with Gasteiger partial charge in [-0.25, -0.2) is 4.79 Å². The fraction of sp³-hybridized carbons (Fsp3) is 0.250. The summed E-state index contributed by atoms with van der Waals surface area (Å²) in [6.45, 7) is 1.95. The molecule has 1 N–H and O–H groups in total. The molecule has 18 heavy (non-hydrogen) atoms. The zero-order valence-electron chi connectivity index (χ0n) is 9.77. The van der Waals surface area contributed by atoms with Gasteiger partial charge in [0.2, 0.25) is 5.76 Å². The van der Waals surface area contributed by atoms with Crippen molar-refractivity contribution in [2.45, 2.75) is 13.0 Å². The Hall–Kier alpha value is -1.11. The van der Waals surface area contributed by atoms with Gasteiger partial charge in [0.05, 0.1) is 7.11 Å². The number of furan rings is 1. The number of aliphatic hydroxyl groups is 1. The van der Waals surface area contributed by atoms with Crippen LogP contribution in [-0.4, -0.2) is 18.2 Å². The van der Waals surface area contributed by atoms with Gasteiger partial charge in [0.25, 0.3) is 0 Å². The zero-order chi connectivity index (χ0) is 13.3. The highest BCUT2D eigenvalue weighted by molar-refractivity contribution is 9.10. The number of ether oxygens (including phenoxy) is 1. The van der Waals surface area contributed by atoms with E-state index in [2.05, 4.69) is 20.7 Å². The standard InChI is InChI=1S/C12H11BrO4S/c1-6-7(13)5-10(18-6)11(14)8-3-4-9(17-8)12(15)16-2/h3-5,11,14H,1-2H3. The van der Waals surface area contributed by atoms with Gasteiger partial charge in [-0.2, -0.15) is 0 Å². The van der Waals surface area contributed by atoms with E-state index >= 15 is 0 Å². The van der Waals surface area contributed by atoms with E-state index in [1.807, 2.05) is 13.0 Å². The van der Waals surface area contributed by atoms with Crippen LogP contribution in [0, 0.1) is 6.92 Å². The first kappa shape index (κ1) is 13.3. The molecule has 2 heterocycles. The Labute approximate surface area is 116 Å². The van der Waals surface area contributed by atoms with Crippen molar-refractivity contribution in [3.63, 3.8) is 0 Å². The maximum Gasteiger partial charge on any atom is 0.373 e. The summed E-state index contributed by atoms with van der Waals surface area (Å²) >= 11 is 4.86. The molecule has 6 heteroatoms. The summed E-state index contributed by atoms with van der Waals surface area (Å²) in [5, 5.41) is 10.1. The van der Waals surface area contributed by atoms with Gasteiger partial charge >= 0.3 is 5.97 Å². The van der Waals surface area contributed by atoms with Gasteiger partial charge in [-0.3, -0.25) is 0 Å².